The second-order valence-electron chi connectivity index (χ2n) is 5.77. The molecule has 4 heteroatoms. The number of amides is 1. The van der Waals surface area contributed by atoms with Crippen molar-refractivity contribution in [2.75, 3.05) is 20.1 Å². The molecule has 0 saturated carbocycles. The van der Waals surface area contributed by atoms with Crippen molar-refractivity contribution in [3.63, 3.8) is 0 Å². The Morgan fingerprint density at radius 2 is 1.96 bits per heavy atom. The van der Waals surface area contributed by atoms with Gasteiger partial charge in [0.25, 0.3) is 0 Å². The van der Waals surface area contributed by atoms with E-state index in [9.17, 15) is 4.79 Å². The average Bonchev–Trinajstić information content (AvgIpc) is 2.97. The summed E-state index contributed by atoms with van der Waals surface area (Å²) in [5, 5.41) is 3.10. The predicted molar refractivity (Wildman–Crippen MR) is 97.8 cm³/mol. The highest BCUT2D eigenvalue weighted by Gasteiger charge is 2.14. The van der Waals surface area contributed by atoms with E-state index >= 15 is 0 Å². The van der Waals surface area contributed by atoms with Crippen LogP contribution in [0.3, 0.4) is 0 Å². The molecule has 3 nitrogen and oxygen atoms in total. The number of nitrogens with zero attached hydrogens (tertiary/aromatic N) is 1. The Morgan fingerprint density at radius 3 is 2.61 bits per heavy atom. The Morgan fingerprint density at radius 1 is 1.17 bits per heavy atom. The van der Waals surface area contributed by atoms with E-state index in [0.29, 0.717) is 6.42 Å². The summed E-state index contributed by atoms with van der Waals surface area (Å²) in [4.78, 5) is 17.1. The SMILES string of the molecule is CNCCCC(=O)N(CCc1ccccc1)Cc1ccc(C)s1. The number of nitrogens with one attached hydrogen (secondary N) is 1. The maximum absolute atomic E-state index is 12.6. The van der Waals surface area contributed by atoms with Gasteiger partial charge in [-0.05, 0) is 51.1 Å². The number of carbonyl (C=O) groups excluding carboxylic acids is 1. The molecule has 124 valence electrons. The van der Waals surface area contributed by atoms with Crippen LogP contribution in [0.4, 0.5) is 0 Å². The van der Waals surface area contributed by atoms with Crippen LogP contribution in [-0.4, -0.2) is 30.9 Å². The molecule has 0 aliphatic rings. The second kappa shape index (κ2) is 9.48. The summed E-state index contributed by atoms with van der Waals surface area (Å²) in [6.45, 7) is 4.50. The Kier molecular flexibility index (Phi) is 7.30. The first-order chi connectivity index (χ1) is 11.2. The quantitative estimate of drug-likeness (QED) is 0.712. The van der Waals surface area contributed by atoms with Crippen molar-refractivity contribution in [3.8, 4) is 0 Å². The highest BCUT2D eigenvalue weighted by molar-refractivity contribution is 7.11. The van der Waals surface area contributed by atoms with Crippen molar-refractivity contribution in [1.82, 2.24) is 10.2 Å². The maximum atomic E-state index is 12.6. The van der Waals surface area contributed by atoms with E-state index in [2.05, 4.69) is 48.6 Å². The van der Waals surface area contributed by atoms with E-state index in [1.54, 1.807) is 11.3 Å². The first kappa shape index (κ1) is 17.7. The summed E-state index contributed by atoms with van der Waals surface area (Å²) in [5.41, 5.74) is 1.28. The first-order valence-electron chi connectivity index (χ1n) is 8.20. The van der Waals surface area contributed by atoms with E-state index in [-0.39, 0.29) is 5.91 Å². The molecule has 0 saturated heterocycles. The number of aryl methyl sites for hydroxylation is 1. The molecule has 0 bridgehead atoms. The molecule has 1 aromatic carbocycles. The standard InChI is InChI=1S/C19H26N2OS/c1-16-10-11-18(23-16)15-21(19(22)9-6-13-20-2)14-12-17-7-4-3-5-8-17/h3-5,7-8,10-11,20H,6,9,12-15H2,1-2H3. The minimum absolute atomic E-state index is 0.252. The van der Waals surface area contributed by atoms with E-state index < -0.39 is 0 Å². The molecule has 0 unspecified atom stereocenters. The molecule has 1 heterocycles. The molecule has 23 heavy (non-hydrogen) atoms. The largest absolute Gasteiger partial charge is 0.337 e. The van der Waals surface area contributed by atoms with Crippen LogP contribution in [0.5, 0.6) is 0 Å². The highest BCUT2D eigenvalue weighted by Crippen LogP contribution is 2.18. The predicted octanol–water partition coefficient (Wildman–Crippen LogP) is 3.63. The number of hydrogen-bond donors (Lipinski definition) is 1. The lowest BCUT2D eigenvalue weighted by Gasteiger charge is -2.22. The molecule has 0 spiro atoms. The fourth-order valence-electron chi connectivity index (χ4n) is 2.53. The number of thiophene rings is 1. The van der Waals surface area contributed by atoms with Gasteiger partial charge in [0.2, 0.25) is 5.91 Å². The van der Waals surface area contributed by atoms with Crippen LogP contribution in [0, 0.1) is 6.92 Å². The summed E-state index contributed by atoms with van der Waals surface area (Å²) >= 11 is 1.78. The Bertz CT molecular complexity index is 594. The third kappa shape index (κ3) is 6.16. The van der Waals surface area contributed by atoms with Gasteiger partial charge in [-0.2, -0.15) is 0 Å². The zero-order valence-corrected chi connectivity index (χ0v) is 14.9. The van der Waals surface area contributed by atoms with Crippen molar-refractivity contribution in [3.05, 3.63) is 57.8 Å². The van der Waals surface area contributed by atoms with Crippen molar-refractivity contribution >= 4 is 17.2 Å². The Hall–Kier alpha value is -1.65. The minimum Gasteiger partial charge on any atom is -0.337 e. The molecule has 2 aromatic rings. The van der Waals surface area contributed by atoms with Crippen LogP contribution in [-0.2, 0) is 17.8 Å². The zero-order chi connectivity index (χ0) is 16.5. The van der Waals surface area contributed by atoms with Crippen LogP contribution < -0.4 is 5.32 Å². The van der Waals surface area contributed by atoms with Crippen LogP contribution in [0.15, 0.2) is 42.5 Å². The number of hydrogen-bond acceptors (Lipinski definition) is 3. The lowest BCUT2D eigenvalue weighted by molar-refractivity contribution is -0.131. The Balaban J connectivity index is 1.96. The smallest absolute Gasteiger partial charge is 0.222 e. The van der Waals surface area contributed by atoms with Crippen molar-refractivity contribution in [2.45, 2.75) is 32.7 Å². The molecule has 0 fully saturated rings. The van der Waals surface area contributed by atoms with Gasteiger partial charge in [0.1, 0.15) is 0 Å². The van der Waals surface area contributed by atoms with Gasteiger partial charge in [0, 0.05) is 22.7 Å². The summed E-state index contributed by atoms with van der Waals surface area (Å²) in [6, 6.07) is 14.6. The van der Waals surface area contributed by atoms with Gasteiger partial charge < -0.3 is 10.2 Å². The molecule has 2 rings (SSSR count). The number of rotatable bonds is 9. The summed E-state index contributed by atoms with van der Waals surface area (Å²) in [6.07, 6.45) is 2.41. The van der Waals surface area contributed by atoms with Gasteiger partial charge >= 0.3 is 0 Å². The summed E-state index contributed by atoms with van der Waals surface area (Å²) < 4.78 is 0. The van der Waals surface area contributed by atoms with Crippen LogP contribution >= 0.6 is 11.3 Å². The third-order valence-corrected chi connectivity index (χ3v) is 4.81. The Labute approximate surface area is 143 Å². The van der Waals surface area contributed by atoms with Crippen LogP contribution in [0.1, 0.15) is 28.2 Å². The fourth-order valence-corrected chi connectivity index (χ4v) is 3.44. The van der Waals surface area contributed by atoms with Gasteiger partial charge in [-0.15, -0.1) is 11.3 Å². The van der Waals surface area contributed by atoms with Crippen molar-refractivity contribution in [2.24, 2.45) is 0 Å². The molecule has 0 aliphatic heterocycles. The van der Waals surface area contributed by atoms with Gasteiger partial charge in [-0.3, -0.25) is 4.79 Å². The normalized spacial score (nSPS) is 10.7. The third-order valence-electron chi connectivity index (χ3n) is 3.83. The van der Waals surface area contributed by atoms with Gasteiger partial charge in [-0.25, -0.2) is 0 Å². The zero-order valence-electron chi connectivity index (χ0n) is 14.0. The second-order valence-corrected chi connectivity index (χ2v) is 7.14. The molecular formula is C19H26N2OS. The first-order valence-corrected chi connectivity index (χ1v) is 9.02. The lowest BCUT2D eigenvalue weighted by atomic mass is 10.1. The molecule has 1 N–H and O–H groups in total. The van der Waals surface area contributed by atoms with Crippen molar-refractivity contribution < 1.29 is 4.79 Å². The molecule has 1 aromatic heterocycles. The topological polar surface area (TPSA) is 32.3 Å². The van der Waals surface area contributed by atoms with Crippen LogP contribution in [0.2, 0.25) is 0 Å². The highest BCUT2D eigenvalue weighted by atomic mass is 32.1. The molecular weight excluding hydrogens is 304 g/mol. The van der Waals surface area contributed by atoms with E-state index in [4.69, 9.17) is 0 Å². The molecule has 0 radical (unpaired) electrons. The lowest BCUT2D eigenvalue weighted by Crippen LogP contribution is -2.32. The van der Waals surface area contributed by atoms with Crippen LogP contribution in [0.25, 0.3) is 0 Å². The van der Waals surface area contributed by atoms with E-state index in [1.165, 1.54) is 15.3 Å². The molecule has 1 amide bonds. The van der Waals surface area contributed by atoms with Gasteiger partial charge in [-0.1, -0.05) is 30.3 Å². The monoisotopic (exact) mass is 330 g/mol. The van der Waals surface area contributed by atoms with Gasteiger partial charge in [0.05, 0.1) is 6.54 Å². The number of carbonyl (C=O) groups is 1. The molecule has 0 atom stereocenters. The molecule has 0 aliphatic carbocycles. The summed E-state index contributed by atoms with van der Waals surface area (Å²) in [5.74, 6) is 0.252. The summed E-state index contributed by atoms with van der Waals surface area (Å²) in [7, 11) is 1.92. The minimum atomic E-state index is 0.252. The fraction of sp³-hybridized carbons (Fsp3) is 0.421. The van der Waals surface area contributed by atoms with E-state index in [0.717, 1.165) is 32.5 Å². The van der Waals surface area contributed by atoms with Gasteiger partial charge in [0.15, 0.2) is 0 Å². The average molecular weight is 330 g/mol. The van der Waals surface area contributed by atoms with E-state index in [1.807, 2.05) is 18.0 Å². The van der Waals surface area contributed by atoms with Crippen molar-refractivity contribution in [1.29, 1.82) is 0 Å². The number of benzene rings is 1. The maximum Gasteiger partial charge on any atom is 0.222 e.